The van der Waals surface area contributed by atoms with E-state index in [0.29, 0.717) is 17.7 Å². The molecule has 0 saturated carbocycles. The van der Waals surface area contributed by atoms with Crippen molar-refractivity contribution in [1.29, 1.82) is 0 Å². The number of para-hydroxylation sites is 1. The quantitative estimate of drug-likeness (QED) is 0.772. The second kappa shape index (κ2) is 5.83. The maximum absolute atomic E-state index is 6.04. The van der Waals surface area contributed by atoms with E-state index in [1.54, 1.807) is 7.11 Å². The standard InChI is InChI=1S/C15H21ClN2O/c1-10(2)11(3)9-18-12-6-5-7-13(19-4)15(12)17-14(18)8-16/h5-7,10-11H,8-9H2,1-4H3. The highest BCUT2D eigenvalue weighted by Gasteiger charge is 2.16. The molecule has 1 heterocycles. The van der Waals surface area contributed by atoms with Crippen LogP contribution in [0.15, 0.2) is 18.2 Å². The summed E-state index contributed by atoms with van der Waals surface area (Å²) in [4.78, 5) is 4.62. The highest BCUT2D eigenvalue weighted by atomic mass is 35.5. The lowest BCUT2D eigenvalue weighted by Gasteiger charge is -2.18. The largest absolute Gasteiger partial charge is 0.494 e. The van der Waals surface area contributed by atoms with Gasteiger partial charge in [-0.3, -0.25) is 0 Å². The molecule has 1 aromatic carbocycles. The Bertz CT molecular complexity index is 563. The van der Waals surface area contributed by atoms with Gasteiger partial charge in [-0.25, -0.2) is 4.98 Å². The fourth-order valence-corrected chi connectivity index (χ4v) is 2.34. The van der Waals surface area contributed by atoms with Gasteiger partial charge in [0, 0.05) is 6.54 Å². The predicted molar refractivity (Wildman–Crippen MR) is 79.8 cm³/mol. The molecule has 19 heavy (non-hydrogen) atoms. The van der Waals surface area contributed by atoms with Gasteiger partial charge in [-0.15, -0.1) is 11.6 Å². The summed E-state index contributed by atoms with van der Waals surface area (Å²) in [7, 11) is 1.67. The summed E-state index contributed by atoms with van der Waals surface area (Å²) >= 11 is 6.04. The second-order valence-electron chi connectivity index (χ2n) is 5.32. The zero-order valence-electron chi connectivity index (χ0n) is 12.0. The molecule has 0 aliphatic heterocycles. The van der Waals surface area contributed by atoms with E-state index in [9.17, 15) is 0 Å². The van der Waals surface area contributed by atoms with Gasteiger partial charge >= 0.3 is 0 Å². The first-order valence-electron chi connectivity index (χ1n) is 6.66. The lowest BCUT2D eigenvalue weighted by Crippen LogP contribution is -2.14. The highest BCUT2D eigenvalue weighted by molar-refractivity contribution is 6.16. The van der Waals surface area contributed by atoms with Crippen LogP contribution in [0.1, 0.15) is 26.6 Å². The van der Waals surface area contributed by atoms with Crippen molar-refractivity contribution in [3.63, 3.8) is 0 Å². The van der Waals surface area contributed by atoms with Gasteiger partial charge < -0.3 is 9.30 Å². The van der Waals surface area contributed by atoms with Crippen molar-refractivity contribution in [2.75, 3.05) is 7.11 Å². The predicted octanol–water partition coefficient (Wildman–Crippen LogP) is 4.08. The van der Waals surface area contributed by atoms with Crippen LogP contribution in [0.4, 0.5) is 0 Å². The molecule has 0 amide bonds. The van der Waals surface area contributed by atoms with Gasteiger partial charge in [0.25, 0.3) is 0 Å². The summed E-state index contributed by atoms with van der Waals surface area (Å²) in [6.07, 6.45) is 0. The zero-order chi connectivity index (χ0) is 14.0. The maximum Gasteiger partial charge on any atom is 0.146 e. The lowest BCUT2D eigenvalue weighted by molar-refractivity contribution is 0.365. The molecule has 2 rings (SSSR count). The molecule has 0 bridgehead atoms. The third-order valence-corrected chi connectivity index (χ3v) is 4.01. The van der Waals surface area contributed by atoms with Gasteiger partial charge in [0.05, 0.1) is 18.5 Å². The number of alkyl halides is 1. The first-order valence-corrected chi connectivity index (χ1v) is 7.20. The summed E-state index contributed by atoms with van der Waals surface area (Å²) in [6.45, 7) is 7.67. The van der Waals surface area contributed by atoms with E-state index in [1.807, 2.05) is 12.1 Å². The van der Waals surface area contributed by atoms with E-state index in [-0.39, 0.29) is 0 Å². The maximum atomic E-state index is 6.04. The number of rotatable bonds is 5. The van der Waals surface area contributed by atoms with Gasteiger partial charge in [-0.2, -0.15) is 0 Å². The Balaban J connectivity index is 2.52. The van der Waals surface area contributed by atoms with Crippen LogP contribution in [0.5, 0.6) is 5.75 Å². The fraction of sp³-hybridized carbons (Fsp3) is 0.533. The molecule has 104 valence electrons. The first kappa shape index (κ1) is 14.2. The molecule has 0 saturated heterocycles. The van der Waals surface area contributed by atoms with Crippen molar-refractivity contribution in [3.8, 4) is 5.75 Å². The molecule has 2 aromatic rings. The Morgan fingerprint density at radius 3 is 2.63 bits per heavy atom. The third-order valence-electron chi connectivity index (χ3n) is 3.77. The summed E-state index contributed by atoms with van der Waals surface area (Å²) in [5, 5.41) is 0. The highest BCUT2D eigenvalue weighted by Crippen LogP contribution is 2.28. The Labute approximate surface area is 119 Å². The summed E-state index contributed by atoms with van der Waals surface area (Å²) in [5.41, 5.74) is 2.00. The molecule has 0 fully saturated rings. The molecule has 0 aliphatic carbocycles. The smallest absolute Gasteiger partial charge is 0.146 e. The Morgan fingerprint density at radius 1 is 1.32 bits per heavy atom. The molecule has 1 unspecified atom stereocenters. The summed E-state index contributed by atoms with van der Waals surface area (Å²) in [5.74, 6) is 3.34. The summed E-state index contributed by atoms with van der Waals surface area (Å²) in [6, 6.07) is 6.01. The average molecular weight is 281 g/mol. The Hall–Kier alpha value is -1.22. The molecule has 0 radical (unpaired) electrons. The minimum Gasteiger partial charge on any atom is -0.494 e. The van der Waals surface area contributed by atoms with Crippen LogP contribution in [0.3, 0.4) is 0 Å². The van der Waals surface area contributed by atoms with Crippen LogP contribution in [0.25, 0.3) is 11.0 Å². The number of ether oxygens (including phenoxy) is 1. The normalized spacial score (nSPS) is 13.2. The Morgan fingerprint density at radius 2 is 2.05 bits per heavy atom. The fourth-order valence-electron chi connectivity index (χ4n) is 2.14. The molecule has 0 spiro atoms. The molecule has 3 nitrogen and oxygen atoms in total. The van der Waals surface area contributed by atoms with Crippen molar-refractivity contribution in [1.82, 2.24) is 9.55 Å². The topological polar surface area (TPSA) is 27.1 Å². The lowest BCUT2D eigenvalue weighted by atomic mass is 9.98. The van der Waals surface area contributed by atoms with E-state index < -0.39 is 0 Å². The van der Waals surface area contributed by atoms with Crippen LogP contribution in [-0.2, 0) is 12.4 Å². The molecule has 1 atom stereocenters. The first-order chi connectivity index (χ1) is 9.08. The van der Waals surface area contributed by atoms with Crippen molar-refractivity contribution in [2.45, 2.75) is 33.2 Å². The average Bonchev–Trinajstić information content (AvgIpc) is 2.76. The Kier molecular flexibility index (Phi) is 4.35. The van der Waals surface area contributed by atoms with Gasteiger partial charge in [-0.1, -0.05) is 26.8 Å². The number of aromatic nitrogens is 2. The van der Waals surface area contributed by atoms with Crippen molar-refractivity contribution < 1.29 is 4.74 Å². The number of nitrogens with zero attached hydrogens (tertiary/aromatic N) is 2. The van der Waals surface area contributed by atoms with Gasteiger partial charge in [0.1, 0.15) is 17.1 Å². The SMILES string of the molecule is COc1cccc2c1nc(CCl)n2CC(C)C(C)C. The van der Waals surface area contributed by atoms with E-state index in [1.165, 1.54) is 0 Å². The molecular weight excluding hydrogens is 260 g/mol. The van der Waals surface area contributed by atoms with Crippen molar-refractivity contribution >= 4 is 22.6 Å². The van der Waals surface area contributed by atoms with E-state index in [0.717, 1.165) is 29.2 Å². The van der Waals surface area contributed by atoms with Crippen LogP contribution < -0.4 is 4.74 Å². The van der Waals surface area contributed by atoms with Gasteiger partial charge in [0.2, 0.25) is 0 Å². The van der Waals surface area contributed by atoms with Crippen molar-refractivity contribution in [3.05, 3.63) is 24.0 Å². The van der Waals surface area contributed by atoms with Crippen LogP contribution >= 0.6 is 11.6 Å². The third kappa shape index (κ3) is 2.71. The molecule has 0 aliphatic rings. The zero-order valence-corrected chi connectivity index (χ0v) is 12.7. The van der Waals surface area contributed by atoms with Gasteiger partial charge in [0.15, 0.2) is 0 Å². The number of hydrogen-bond acceptors (Lipinski definition) is 2. The number of hydrogen-bond donors (Lipinski definition) is 0. The summed E-state index contributed by atoms with van der Waals surface area (Å²) < 4.78 is 7.59. The number of methoxy groups -OCH3 is 1. The van der Waals surface area contributed by atoms with Crippen LogP contribution in [0.2, 0.25) is 0 Å². The second-order valence-corrected chi connectivity index (χ2v) is 5.59. The van der Waals surface area contributed by atoms with Gasteiger partial charge in [-0.05, 0) is 24.0 Å². The van der Waals surface area contributed by atoms with E-state index in [4.69, 9.17) is 16.3 Å². The minimum absolute atomic E-state index is 0.419. The monoisotopic (exact) mass is 280 g/mol. The molecule has 4 heteroatoms. The molecule has 1 aromatic heterocycles. The number of halogens is 1. The van der Waals surface area contributed by atoms with Crippen LogP contribution in [-0.4, -0.2) is 16.7 Å². The van der Waals surface area contributed by atoms with E-state index >= 15 is 0 Å². The van der Waals surface area contributed by atoms with Crippen LogP contribution in [0, 0.1) is 11.8 Å². The number of benzene rings is 1. The number of fused-ring (bicyclic) bond motifs is 1. The molecular formula is C15H21ClN2O. The molecule has 0 N–H and O–H groups in total. The van der Waals surface area contributed by atoms with E-state index in [2.05, 4.69) is 36.4 Å². The van der Waals surface area contributed by atoms with Crippen molar-refractivity contribution in [2.24, 2.45) is 11.8 Å². The number of imidazole rings is 1. The minimum atomic E-state index is 0.419.